The first kappa shape index (κ1) is 11.9. The zero-order valence-corrected chi connectivity index (χ0v) is 10.1. The van der Waals surface area contributed by atoms with E-state index in [2.05, 4.69) is 24.1 Å². The van der Waals surface area contributed by atoms with Crippen molar-refractivity contribution in [1.82, 2.24) is 5.32 Å². The SMILES string of the molecule is CC1(C)CNCCN1c1cccc([N+](=O)[O-])c1. The third-order valence-electron chi connectivity index (χ3n) is 3.15. The first-order chi connectivity index (χ1) is 8.00. The summed E-state index contributed by atoms with van der Waals surface area (Å²) in [5.41, 5.74) is 1.05. The first-order valence-corrected chi connectivity index (χ1v) is 5.73. The lowest BCUT2D eigenvalue weighted by molar-refractivity contribution is -0.384. The van der Waals surface area contributed by atoms with E-state index in [1.807, 2.05) is 6.07 Å². The molecule has 0 aliphatic carbocycles. The van der Waals surface area contributed by atoms with Gasteiger partial charge in [0.1, 0.15) is 0 Å². The van der Waals surface area contributed by atoms with Crippen molar-refractivity contribution in [3.05, 3.63) is 34.4 Å². The Hall–Kier alpha value is -1.62. The molecule has 1 heterocycles. The smallest absolute Gasteiger partial charge is 0.271 e. The molecule has 5 nitrogen and oxygen atoms in total. The Morgan fingerprint density at radius 3 is 2.88 bits per heavy atom. The molecule has 1 N–H and O–H groups in total. The van der Waals surface area contributed by atoms with Crippen LogP contribution in [0.5, 0.6) is 0 Å². The van der Waals surface area contributed by atoms with Gasteiger partial charge in [0.15, 0.2) is 0 Å². The van der Waals surface area contributed by atoms with Gasteiger partial charge in [0.25, 0.3) is 5.69 Å². The molecule has 0 unspecified atom stereocenters. The third kappa shape index (κ3) is 2.39. The van der Waals surface area contributed by atoms with Crippen LogP contribution < -0.4 is 10.2 Å². The van der Waals surface area contributed by atoms with Crippen LogP contribution in [0.4, 0.5) is 11.4 Å². The number of hydrogen-bond donors (Lipinski definition) is 1. The fourth-order valence-corrected chi connectivity index (χ4v) is 2.24. The number of anilines is 1. The number of nitrogens with one attached hydrogen (secondary N) is 1. The van der Waals surface area contributed by atoms with E-state index in [1.54, 1.807) is 12.1 Å². The van der Waals surface area contributed by atoms with Gasteiger partial charge in [-0.3, -0.25) is 10.1 Å². The van der Waals surface area contributed by atoms with E-state index in [4.69, 9.17) is 0 Å². The molecule has 0 atom stereocenters. The molecule has 1 aromatic rings. The van der Waals surface area contributed by atoms with E-state index in [9.17, 15) is 10.1 Å². The lowest BCUT2D eigenvalue weighted by Crippen LogP contribution is -2.58. The average Bonchev–Trinajstić information content (AvgIpc) is 2.28. The molecule has 0 aromatic heterocycles. The summed E-state index contributed by atoms with van der Waals surface area (Å²) < 4.78 is 0. The predicted octanol–water partition coefficient (Wildman–Crippen LogP) is 1.78. The van der Waals surface area contributed by atoms with E-state index in [-0.39, 0.29) is 16.1 Å². The van der Waals surface area contributed by atoms with Gasteiger partial charge in [0.2, 0.25) is 0 Å². The van der Waals surface area contributed by atoms with Gasteiger partial charge in [-0.25, -0.2) is 0 Å². The van der Waals surface area contributed by atoms with Crippen molar-refractivity contribution in [3.8, 4) is 0 Å². The second-order valence-electron chi connectivity index (χ2n) is 4.92. The number of non-ortho nitro benzene ring substituents is 1. The molecule has 1 aliphatic heterocycles. The van der Waals surface area contributed by atoms with E-state index in [1.165, 1.54) is 6.07 Å². The molecule has 0 bridgehead atoms. The van der Waals surface area contributed by atoms with Gasteiger partial charge >= 0.3 is 0 Å². The van der Waals surface area contributed by atoms with Crippen molar-refractivity contribution >= 4 is 11.4 Å². The van der Waals surface area contributed by atoms with Crippen molar-refractivity contribution in [3.63, 3.8) is 0 Å². The number of nitrogens with zero attached hydrogens (tertiary/aromatic N) is 2. The number of benzene rings is 1. The molecule has 1 aliphatic rings. The van der Waals surface area contributed by atoms with Crippen LogP contribution in [-0.4, -0.2) is 30.1 Å². The summed E-state index contributed by atoms with van der Waals surface area (Å²) in [4.78, 5) is 12.6. The lowest BCUT2D eigenvalue weighted by atomic mass is 9.99. The largest absolute Gasteiger partial charge is 0.364 e. The highest BCUT2D eigenvalue weighted by atomic mass is 16.6. The van der Waals surface area contributed by atoms with Gasteiger partial charge in [-0.15, -0.1) is 0 Å². The maximum absolute atomic E-state index is 10.8. The molecule has 0 amide bonds. The van der Waals surface area contributed by atoms with E-state index in [0.29, 0.717) is 0 Å². The number of hydrogen-bond acceptors (Lipinski definition) is 4. The summed E-state index contributed by atoms with van der Waals surface area (Å²) in [5.74, 6) is 0. The molecule has 1 saturated heterocycles. The van der Waals surface area contributed by atoms with Gasteiger partial charge in [-0.2, -0.15) is 0 Å². The fourth-order valence-electron chi connectivity index (χ4n) is 2.24. The normalized spacial score (nSPS) is 19.1. The molecule has 0 saturated carbocycles. The van der Waals surface area contributed by atoms with Crippen molar-refractivity contribution < 1.29 is 4.92 Å². The van der Waals surface area contributed by atoms with Crippen molar-refractivity contribution in [1.29, 1.82) is 0 Å². The van der Waals surface area contributed by atoms with Gasteiger partial charge in [-0.05, 0) is 19.9 Å². The number of piperazine rings is 1. The summed E-state index contributed by atoms with van der Waals surface area (Å²) in [5, 5.41) is 14.1. The minimum Gasteiger partial charge on any atom is -0.364 e. The predicted molar refractivity (Wildman–Crippen MR) is 67.4 cm³/mol. The highest BCUT2D eigenvalue weighted by Gasteiger charge is 2.30. The second kappa shape index (κ2) is 4.33. The van der Waals surface area contributed by atoms with Crippen molar-refractivity contribution in [2.45, 2.75) is 19.4 Å². The second-order valence-corrected chi connectivity index (χ2v) is 4.92. The topological polar surface area (TPSA) is 58.4 Å². The zero-order valence-electron chi connectivity index (χ0n) is 10.1. The average molecular weight is 235 g/mol. The Labute approximate surface area is 101 Å². The standard InChI is InChI=1S/C12H17N3O2/c1-12(2)9-13-6-7-14(12)10-4-3-5-11(8-10)15(16)17/h3-5,8,13H,6-7,9H2,1-2H3. The third-order valence-corrected chi connectivity index (χ3v) is 3.15. The maximum Gasteiger partial charge on any atom is 0.271 e. The number of rotatable bonds is 2. The summed E-state index contributed by atoms with van der Waals surface area (Å²) in [7, 11) is 0. The van der Waals surface area contributed by atoms with Gasteiger partial charge < -0.3 is 10.2 Å². The molecule has 2 rings (SSSR count). The van der Waals surface area contributed by atoms with E-state index < -0.39 is 0 Å². The van der Waals surface area contributed by atoms with Crippen LogP contribution in [0.25, 0.3) is 0 Å². The molecule has 1 aromatic carbocycles. The monoisotopic (exact) mass is 235 g/mol. The summed E-state index contributed by atoms with van der Waals surface area (Å²) in [6, 6.07) is 6.84. The zero-order chi connectivity index (χ0) is 12.5. The summed E-state index contributed by atoms with van der Waals surface area (Å²) in [6.07, 6.45) is 0. The van der Waals surface area contributed by atoms with Gasteiger partial charge in [0.05, 0.1) is 4.92 Å². The maximum atomic E-state index is 10.8. The van der Waals surface area contributed by atoms with E-state index >= 15 is 0 Å². The van der Waals surface area contributed by atoms with Crippen LogP contribution in [0, 0.1) is 10.1 Å². The molecule has 0 radical (unpaired) electrons. The number of nitro groups is 1. The highest BCUT2D eigenvalue weighted by molar-refractivity contribution is 5.55. The first-order valence-electron chi connectivity index (χ1n) is 5.73. The van der Waals surface area contributed by atoms with Crippen LogP contribution in [0.15, 0.2) is 24.3 Å². The molecule has 1 fully saturated rings. The minimum absolute atomic E-state index is 0.0204. The Bertz CT molecular complexity index is 432. The fraction of sp³-hybridized carbons (Fsp3) is 0.500. The van der Waals surface area contributed by atoms with Crippen LogP contribution in [0.2, 0.25) is 0 Å². The highest BCUT2D eigenvalue weighted by Crippen LogP contribution is 2.28. The Morgan fingerprint density at radius 1 is 1.47 bits per heavy atom. The summed E-state index contributed by atoms with van der Waals surface area (Å²) in [6.45, 7) is 6.94. The Morgan fingerprint density at radius 2 is 2.24 bits per heavy atom. The molecule has 17 heavy (non-hydrogen) atoms. The van der Waals surface area contributed by atoms with Crippen molar-refractivity contribution in [2.75, 3.05) is 24.5 Å². The van der Waals surface area contributed by atoms with E-state index in [0.717, 1.165) is 25.3 Å². The number of nitro benzene ring substituents is 1. The Balaban J connectivity index is 2.32. The van der Waals surface area contributed by atoms with Crippen LogP contribution in [0.3, 0.4) is 0 Å². The van der Waals surface area contributed by atoms with Gasteiger partial charge in [-0.1, -0.05) is 6.07 Å². The molecular formula is C12H17N3O2. The van der Waals surface area contributed by atoms with Crippen molar-refractivity contribution in [2.24, 2.45) is 0 Å². The molecule has 0 spiro atoms. The quantitative estimate of drug-likeness (QED) is 0.627. The molecule has 5 heteroatoms. The lowest BCUT2D eigenvalue weighted by Gasteiger charge is -2.44. The molecule has 92 valence electrons. The van der Waals surface area contributed by atoms with Crippen LogP contribution >= 0.6 is 0 Å². The summed E-state index contributed by atoms with van der Waals surface area (Å²) >= 11 is 0. The van der Waals surface area contributed by atoms with Gasteiger partial charge in [0, 0.05) is 43.0 Å². The van der Waals surface area contributed by atoms with Crippen LogP contribution in [0.1, 0.15) is 13.8 Å². The van der Waals surface area contributed by atoms with Crippen LogP contribution in [-0.2, 0) is 0 Å². The Kier molecular flexibility index (Phi) is 3.02. The molecular weight excluding hydrogens is 218 g/mol. The minimum atomic E-state index is -0.349.